The van der Waals surface area contributed by atoms with Crippen molar-refractivity contribution in [3.63, 3.8) is 0 Å². The van der Waals surface area contributed by atoms with Gasteiger partial charge in [0, 0.05) is 0 Å². The molecule has 1 aliphatic heterocycles. The Hall–Kier alpha value is -1.67. The summed E-state index contributed by atoms with van der Waals surface area (Å²) in [5.74, 6) is -0.709. The number of rotatable bonds is 49. The fourth-order valence-electron chi connectivity index (χ4n) is 9.18. The van der Waals surface area contributed by atoms with Crippen LogP contribution in [-0.4, -0.2) is 110 Å². The van der Waals surface area contributed by atoms with Crippen LogP contribution in [0.25, 0.3) is 0 Å². The van der Waals surface area contributed by atoms with Crippen LogP contribution in [0.15, 0.2) is 36.5 Å². The Bertz CT molecular complexity index is 1210. The number of aliphatic hydroxyl groups is 7. The molecule has 406 valence electrons. The normalized spacial score (nSPS) is 20.6. The van der Waals surface area contributed by atoms with Gasteiger partial charge in [-0.3, -0.25) is 4.79 Å². The molecule has 1 aliphatic rings. The van der Waals surface area contributed by atoms with Crippen LogP contribution in [0.1, 0.15) is 258 Å². The Morgan fingerprint density at radius 2 is 0.870 bits per heavy atom. The van der Waals surface area contributed by atoms with Crippen molar-refractivity contribution in [1.29, 1.82) is 0 Å². The van der Waals surface area contributed by atoms with Gasteiger partial charge in [-0.25, -0.2) is 0 Å². The predicted molar refractivity (Wildman–Crippen MR) is 284 cm³/mol. The van der Waals surface area contributed by atoms with Crippen molar-refractivity contribution in [2.24, 2.45) is 0 Å². The lowest BCUT2D eigenvalue weighted by Crippen LogP contribution is -2.60. The van der Waals surface area contributed by atoms with Gasteiger partial charge in [0.2, 0.25) is 5.91 Å². The Morgan fingerprint density at radius 3 is 1.29 bits per heavy atom. The van der Waals surface area contributed by atoms with Crippen molar-refractivity contribution in [3.8, 4) is 0 Å². The van der Waals surface area contributed by atoms with Crippen LogP contribution in [0.4, 0.5) is 0 Å². The first kappa shape index (κ1) is 65.3. The molecule has 1 amide bonds. The summed E-state index contributed by atoms with van der Waals surface area (Å²) < 4.78 is 11.1. The molecule has 9 unspecified atom stereocenters. The molecule has 69 heavy (non-hydrogen) atoms. The van der Waals surface area contributed by atoms with Gasteiger partial charge >= 0.3 is 0 Å². The molecule has 0 aromatic carbocycles. The number of unbranched alkanes of at least 4 members (excludes halogenated alkanes) is 31. The van der Waals surface area contributed by atoms with E-state index in [2.05, 4.69) is 55.6 Å². The lowest BCUT2D eigenvalue weighted by Gasteiger charge is -2.40. The fourth-order valence-corrected chi connectivity index (χ4v) is 9.18. The van der Waals surface area contributed by atoms with Gasteiger partial charge in [0.1, 0.15) is 36.6 Å². The van der Waals surface area contributed by atoms with Crippen LogP contribution < -0.4 is 5.32 Å². The van der Waals surface area contributed by atoms with Crippen LogP contribution in [0.2, 0.25) is 0 Å². The number of ether oxygens (including phenoxy) is 2. The molecular weight excluding hydrogens is 871 g/mol. The van der Waals surface area contributed by atoms with E-state index in [-0.39, 0.29) is 12.8 Å². The number of nitrogens with one attached hydrogen (secondary N) is 1. The first-order valence-corrected chi connectivity index (χ1v) is 28.9. The SMILES string of the molecule is CCCCCCCCCCC/C=C/CC/C=C/CC/C=C/CCCC(O)C(O)C(COC1OC(CO)C(O)C(O)C1O)NC(=O)C(O)CCCCCCCCCCCCCCCCCCCCCC. The smallest absolute Gasteiger partial charge is 0.249 e. The number of amides is 1. The number of carbonyl (C=O) groups is 1. The molecule has 0 aromatic heterocycles. The minimum atomic E-state index is -1.67. The van der Waals surface area contributed by atoms with E-state index in [4.69, 9.17) is 9.47 Å². The minimum absolute atomic E-state index is 0.242. The van der Waals surface area contributed by atoms with E-state index in [1.54, 1.807) is 0 Å². The summed E-state index contributed by atoms with van der Waals surface area (Å²) in [6.07, 6.45) is 46.2. The largest absolute Gasteiger partial charge is 0.394 e. The Kier molecular flexibility index (Phi) is 44.8. The number of carbonyl (C=O) groups excluding carboxylic acids is 1. The molecule has 1 rings (SSSR count). The van der Waals surface area contributed by atoms with Gasteiger partial charge < -0.3 is 50.5 Å². The van der Waals surface area contributed by atoms with Crippen molar-refractivity contribution in [1.82, 2.24) is 5.32 Å². The predicted octanol–water partition coefficient (Wildman–Crippen LogP) is 11.9. The van der Waals surface area contributed by atoms with E-state index in [0.717, 1.165) is 44.9 Å². The average molecular weight is 981 g/mol. The molecule has 11 heteroatoms. The quantitative estimate of drug-likeness (QED) is 0.0215. The van der Waals surface area contributed by atoms with Crippen LogP contribution >= 0.6 is 0 Å². The van der Waals surface area contributed by atoms with Gasteiger partial charge in [-0.2, -0.15) is 0 Å². The molecule has 0 radical (unpaired) electrons. The number of allylic oxidation sites excluding steroid dienone is 6. The Balaban J connectivity index is 2.36. The maximum absolute atomic E-state index is 13.2. The zero-order valence-electron chi connectivity index (χ0n) is 44.3. The molecule has 0 spiro atoms. The molecule has 0 bridgehead atoms. The maximum Gasteiger partial charge on any atom is 0.249 e. The van der Waals surface area contributed by atoms with Crippen LogP contribution in [0.5, 0.6) is 0 Å². The molecule has 8 N–H and O–H groups in total. The highest BCUT2D eigenvalue weighted by molar-refractivity contribution is 5.80. The molecule has 1 saturated heterocycles. The molecule has 1 heterocycles. The van der Waals surface area contributed by atoms with Crippen LogP contribution in [0.3, 0.4) is 0 Å². The summed E-state index contributed by atoms with van der Waals surface area (Å²) in [4.78, 5) is 13.2. The van der Waals surface area contributed by atoms with Crippen LogP contribution in [0, 0.1) is 0 Å². The van der Waals surface area contributed by atoms with E-state index in [0.29, 0.717) is 19.3 Å². The maximum atomic E-state index is 13.2. The van der Waals surface area contributed by atoms with E-state index < -0.39 is 74.2 Å². The summed E-state index contributed by atoms with van der Waals surface area (Å²) in [5.41, 5.74) is 0. The van der Waals surface area contributed by atoms with E-state index in [9.17, 15) is 40.5 Å². The highest BCUT2D eigenvalue weighted by Gasteiger charge is 2.44. The number of hydrogen-bond donors (Lipinski definition) is 8. The Labute approximate surface area is 422 Å². The van der Waals surface area contributed by atoms with Gasteiger partial charge in [-0.1, -0.05) is 230 Å². The first-order valence-electron chi connectivity index (χ1n) is 28.9. The summed E-state index contributed by atoms with van der Waals surface area (Å²) in [6.45, 7) is 3.45. The third-order valence-corrected chi connectivity index (χ3v) is 13.9. The second-order valence-corrected chi connectivity index (χ2v) is 20.3. The lowest BCUT2D eigenvalue weighted by molar-refractivity contribution is -0.303. The fraction of sp³-hybridized carbons (Fsp3) is 0.879. The molecule has 0 aromatic rings. The molecule has 0 aliphatic carbocycles. The van der Waals surface area contributed by atoms with Crippen molar-refractivity contribution in [2.45, 2.75) is 313 Å². The van der Waals surface area contributed by atoms with Gasteiger partial charge in [0.05, 0.1) is 25.4 Å². The number of hydrogen-bond acceptors (Lipinski definition) is 10. The summed E-state index contributed by atoms with van der Waals surface area (Å²) in [7, 11) is 0. The monoisotopic (exact) mass is 980 g/mol. The number of aliphatic hydroxyl groups excluding tert-OH is 7. The lowest BCUT2D eigenvalue weighted by atomic mass is 9.98. The topological polar surface area (TPSA) is 189 Å². The Morgan fingerprint density at radius 1 is 0.493 bits per heavy atom. The first-order chi connectivity index (χ1) is 33.7. The molecular formula is C58H109NO10. The second kappa shape index (κ2) is 47.3. The van der Waals surface area contributed by atoms with Gasteiger partial charge in [-0.05, 0) is 64.2 Å². The van der Waals surface area contributed by atoms with Crippen molar-refractivity contribution in [2.75, 3.05) is 13.2 Å². The summed E-state index contributed by atoms with van der Waals surface area (Å²) in [6, 6.07) is -1.19. The highest BCUT2D eigenvalue weighted by Crippen LogP contribution is 2.23. The van der Waals surface area contributed by atoms with E-state index in [1.165, 1.54) is 167 Å². The van der Waals surface area contributed by atoms with Crippen molar-refractivity contribution in [3.05, 3.63) is 36.5 Å². The van der Waals surface area contributed by atoms with Crippen LogP contribution in [-0.2, 0) is 14.3 Å². The molecule has 1 fully saturated rings. The average Bonchev–Trinajstić information content (AvgIpc) is 3.35. The third kappa shape index (κ3) is 36.0. The molecule has 9 atom stereocenters. The summed E-state index contributed by atoms with van der Waals surface area (Å²) in [5, 5.41) is 76.1. The van der Waals surface area contributed by atoms with Gasteiger partial charge in [0.25, 0.3) is 0 Å². The summed E-state index contributed by atoms with van der Waals surface area (Å²) >= 11 is 0. The van der Waals surface area contributed by atoms with Crippen molar-refractivity contribution < 1.29 is 50.0 Å². The van der Waals surface area contributed by atoms with Gasteiger partial charge in [-0.15, -0.1) is 0 Å². The van der Waals surface area contributed by atoms with E-state index in [1.807, 2.05) is 0 Å². The zero-order valence-corrected chi connectivity index (χ0v) is 44.3. The standard InChI is InChI=1S/C58H109NO10/c1-3-5-7-9-11-13-15-17-19-21-23-25-26-28-29-31-33-35-37-39-41-43-45-50(61)53(63)49(48-68-58-56(66)55(65)54(64)52(47-60)69-58)59-57(67)51(62)46-44-42-40-38-36-34-32-30-27-24-22-20-18-16-14-12-10-8-6-4-2/h23,25,29,31,37,39,49-56,58,60-66H,3-22,24,26-28,30,32-36,38,40-48H2,1-2H3,(H,59,67)/b25-23+,31-29+,39-37+. The second-order valence-electron chi connectivity index (χ2n) is 20.3. The van der Waals surface area contributed by atoms with Crippen molar-refractivity contribution >= 4 is 5.91 Å². The minimum Gasteiger partial charge on any atom is -0.394 e. The highest BCUT2D eigenvalue weighted by atomic mass is 16.7. The molecule has 0 saturated carbocycles. The van der Waals surface area contributed by atoms with Gasteiger partial charge in [0.15, 0.2) is 6.29 Å². The zero-order chi connectivity index (χ0) is 50.4. The van der Waals surface area contributed by atoms with E-state index >= 15 is 0 Å². The molecule has 11 nitrogen and oxygen atoms in total. The third-order valence-electron chi connectivity index (χ3n) is 13.9.